The van der Waals surface area contributed by atoms with Gasteiger partial charge in [0.25, 0.3) is 0 Å². The first-order chi connectivity index (χ1) is 16.1. The van der Waals surface area contributed by atoms with Crippen LogP contribution in [0.15, 0.2) is 12.2 Å². The fourth-order valence-electron chi connectivity index (χ4n) is 3.95. The normalized spacial score (nSPS) is 13.2. The average molecular weight is 471 g/mol. The van der Waals surface area contributed by atoms with E-state index in [9.17, 15) is 0 Å². The van der Waals surface area contributed by atoms with Crippen molar-refractivity contribution in [3.63, 3.8) is 0 Å². The fraction of sp³-hybridized carbons (Fsp3) is 0.933. The molecule has 0 aromatic heterocycles. The van der Waals surface area contributed by atoms with Gasteiger partial charge < -0.3 is 15.3 Å². The van der Waals surface area contributed by atoms with E-state index in [1.54, 1.807) is 0 Å². The van der Waals surface area contributed by atoms with Crippen molar-refractivity contribution in [1.29, 1.82) is 0 Å². The molecule has 0 aliphatic heterocycles. The molecule has 0 aromatic rings. The Balaban J connectivity index is 0. The van der Waals surface area contributed by atoms with Crippen molar-refractivity contribution < 1.29 is 15.3 Å². The molecule has 3 heteroatoms. The van der Waals surface area contributed by atoms with Crippen molar-refractivity contribution in [1.82, 2.24) is 0 Å². The van der Waals surface area contributed by atoms with E-state index in [1.807, 2.05) is 0 Å². The summed E-state index contributed by atoms with van der Waals surface area (Å²) < 4.78 is 0. The molecule has 0 saturated carbocycles. The summed E-state index contributed by atoms with van der Waals surface area (Å²) in [4.78, 5) is 0. The highest BCUT2D eigenvalue weighted by Crippen LogP contribution is 2.12. The first-order valence-corrected chi connectivity index (χ1v) is 14.8. The Labute approximate surface area is 208 Å². The average Bonchev–Trinajstić information content (AvgIpc) is 2.83. The van der Waals surface area contributed by atoms with Gasteiger partial charge in [-0.1, -0.05) is 142 Å². The summed E-state index contributed by atoms with van der Waals surface area (Å²) >= 11 is 0. The second kappa shape index (κ2) is 31.6. The predicted molar refractivity (Wildman–Crippen MR) is 147 cm³/mol. The van der Waals surface area contributed by atoms with Gasteiger partial charge in [-0.05, 0) is 32.1 Å². The number of allylic oxidation sites excluding steroid dienone is 2. The number of rotatable bonds is 24. The van der Waals surface area contributed by atoms with Crippen LogP contribution in [0.3, 0.4) is 0 Å². The van der Waals surface area contributed by atoms with Crippen molar-refractivity contribution in [2.45, 2.75) is 174 Å². The number of hydrogen-bond donors (Lipinski definition) is 3. The Kier molecular flexibility index (Phi) is 33.3. The molecule has 0 fully saturated rings. The lowest BCUT2D eigenvalue weighted by Gasteiger charge is -2.14. The van der Waals surface area contributed by atoms with E-state index in [0.29, 0.717) is 6.42 Å². The van der Waals surface area contributed by atoms with Crippen LogP contribution in [0.5, 0.6) is 0 Å². The van der Waals surface area contributed by atoms with Gasteiger partial charge >= 0.3 is 0 Å². The number of aliphatic hydroxyl groups is 3. The minimum absolute atomic E-state index is 0.354. The summed E-state index contributed by atoms with van der Waals surface area (Å²) in [5.74, 6) is 0. The van der Waals surface area contributed by atoms with Crippen molar-refractivity contribution in [3.8, 4) is 0 Å². The molecule has 200 valence electrons. The zero-order chi connectivity index (χ0) is 24.8. The summed E-state index contributed by atoms with van der Waals surface area (Å²) in [5, 5.41) is 26.5. The molecule has 0 aliphatic rings. The molecule has 0 saturated heterocycles. The second-order valence-electron chi connectivity index (χ2n) is 9.81. The smallest absolute Gasteiger partial charge is 0.103 e. The third kappa shape index (κ3) is 31.6. The molecule has 3 N–H and O–H groups in total. The van der Waals surface area contributed by atoms with Crippen molar-refractivity contribution in [3.05, 3.63) is 12.2 Å². The highest BCUT2D eigenvalue weighted by molar-refractivity contribution is 4.81. The van der Waals surface area contributed by atoms with Crippen LogP contribution in [-0.2, 0) is 0 Å². The van der Waals surface area contributed by atoms with Gasteiger partial charge in [0.1, 0.15) is 6.10 Å². The summed E-state index contributed by atoms with van der Waals surface area (Å²) in [7, 11) is 0. The summed E-state index contributed by atoms with van der Waals surface area (Å²) in [6, 6.07) is 0. The van der Waals surface area contributed by atoms with Crippen LogP contribution in [0.4, 0.5) is 0 Å². The number of aliphatic hydroxyl groups excluding tert-OH is 3. The van der Waals surface area contributed by atoms with Crippen LogP contribution in [0, 0.1) is 0 Å². The SMILES string of the molecule is CCCCCC(O)C(O)CO.CCCCCCCCC=CCCCCCCCCCCCC. The van der Waals surface area contributed by atoms with Gasteiger partial charge in [-0.2, -0.15) is 0 Å². The maximum atomic E-state index is 9.13. The first kappa shape index (κ1) is 34.8. The van der Waals surface area contributed by atoms with Crippen LogP contribution >= 0.6 is 0 Å². The monoisotopic (exact) mass is 470 g/mol. The molecule has 33 heavy (non-hydrogen) atoms. The lowest BCUT2D eigenvalue weighted by Crippen LogP contribution is -2.28. The Bertz CT molecular complexity index is 356. The van der Waals surface area contributed by atoms with E-state index in [-0.39, 0.29) is 6.61 Å². The molecule has 0 spiro atoms. The standard InChI is InChI=1S/C22H44.C8H18O3/c1-3-5-7-9-11-13-15-17-19-21-22-20-18-16-14-12-10-8-6-4-2;1-2-3-4-5-7(10)8(11)6-9/h17,19H,3-16,18,20-22H2,1-2H3;7-11H,2-6H2,1H3. The first-order valence-electron chi connectivity index (χ1n) is 14.8. The molecule has 2 atom stereocenters. The molecule has 3 nitrogen and oxygen atoms in total. The van der Waals surface area contributed by atoms with Gasteiger partial charge in [0.15, 0.2) is 0 Å². The van der Waals surface area contributed by atoms with E-state index in [1.165, 1.54) is 116 Å². The second-order valence-corrected chi connectivity index (χ2v) is 9.81. The molecule has 0 aromatic carbocycles. The summed E-state index contributed by atoms with van der Waals surface area (Å²) in [5.41, 5.74) is 0. The van der Waals surface area contributed by atoms with E-state index >= 15 is 0 Å². The molecule has 0 heterocycles. The van der Waals surface area contributed by atoms with Crippen LogP contribution in [0.25, 0.3) is 0 Å². The van der Waals surface area contributed by atoms with Gasteiger partial charge in [0.05, 0.1) is 12.7 Å². The van der Waals surface area contributed by atoms with E-state index in [4.69, 9.17) is 15.3 Å². The maximum Gasteiger partial charge on any atom is 0.103 e. The van der Waals surface area contributed by atoms with E-state index < -0.39 is 12.2 Å². The maximum absolute atomic E-state index is 9.13. The highest BCUT2D eigenvalue weighted by Gasteiger charge is 2.13. The highest BCUT2D eigenvalue weighted by atomic mass is 16.4. The van der Waals surface area contributed by atoms with Crippen LogP contribution < -0.4 is 0 Å². The predicted octanol–water partition coefficient (Wildman–Crippen LogP) is 8.89. The van der Waals surface area contributed by atoms with Gasteiger partial charge in [0.2, 0.25) is 0 Å². The van der Waals surface area contributed by atoms with Crippen molar-refractivity contribution in [2.75, 3.05) is 6.61 Å². The molecular weight excluding hydrogens is 408 g/mol. The van der Waals surface area contributed by atoms with E-state index in [0.717, 1.165) is 19.3 Å². The number of hydrogen-bond acceptors (Lipinski definition) is 3. The lowest BCUT2D eigenvalue weighted by molar-refractivity contribution is -0.0185. The van der Waals surface area contributed by atoms with Gasteiger partial charge in [-0.15, -0.1) is 0 Å². The van der Waals surface area contributed by atoms with Gasteiger partial charge in [0, 0.05) is 0 Å². The molecule has 0 aliphatic carbocycles. The minimum atomic E-state index is -0.966. The third-order valence-electron chi connectivity index (χ3n) is 6.35. The Hall–Kier alpha value is -0.380. The summed E-state index contributed by atoms with van der Waals surface area (Å²) in [6.45, 7) is 6.31. The fourth-order valence-corrected chi connectivity index (χ4v) is 3.95. The zero-order valence-corrected chi connectivity index (χ0v) is 22.9. The van der Waals surface area contributed by atoms with Crippen LogP contribution in [0.2, 0.25) is 0 Å². The third-order valence-corrected chi connectivity index (χ3v) is 6.35. The molecular formula is C30H62O3. The lowest BCUT2D eigenvalue weighted by atomic mass is 10.1. The quantitative estimate of drug-likeness (QED) is 0.0974. The molecule has 0 bridgehead atoms. The Morgan fingerprint density at radius 2 is 0.788 bits per heavy atom. The zero-order valence-electron chi connectivity index (χ0n) is 22.9. The Morgan fingerprint density at radius 3 is 1.15 bits per heavy atom. The largest absolute Gasteiger partial charge is 0.394 e. The van der Waals surface area contributed by atoms with E-state index in [2.05, 4.69) is 32.9 Å². The van der Waals surface area contributed by atoms with Crippen LogP contribution in [0.1, 0.15) is 162 Å². The summed E-state index contributed by atoms with van der Waals surface area (Å²) in [6.07, 6.45) is 32.3. The van der Waals surface area contributed by atoms with Gasteiger partial charge in [-0.3, -0.25) is 0 Å². The van der Waals surface area contributed by atoms with Crippen molar-refractivity contribution >= 4 is 0 Å². The molecule has 2 unspecified atom stereocenters. The molecule has 0 rings (SSSR count). The van der Waals surface area contributed by atoms with Crippen LogP contribution in [-0.4, -0.2) is 34.1 Å². The number of unbranched alkanes of at least 4 members (excludes halogenated alkanes) is 18. The topological polar surface area (TPSA) is 60.7 Å². The van der Waals surface area contributed by atoms with Gasteiger partial charge in [-0.25, -0.2) is 0 Å². The minimum Gasteiger partial charge on any atom is -0.394 e. The molecule has 0 amide bonds. The Morgan fingerprint density at radius 1 is 0.455 bits per heavy atom. The molecule has 0 radical (unpaired) electrons. The van der Waals surface area contributed by atoms with Crippen molar-refractivity contribution in [2.24, 2.45) is 0 Å².